The van der Waals surface area contributed by atoms with Gasteiger partial charge in [-0.15, -0.1) is 12.3 Å². The first-order valence-corrected chi connectivity index (χ1v) is 6.41. The van der Waals surface area contributed by atoms with Crippen molar-refractivity contribution in [2.24, 2.45) is 0 Å². The zero-order chi connectivity index (χ0) is 12.0. The van der Waals surface area contributed by atoms with Crippen LogP contribution >= 0.6 is 15.9 Å². The third-order valence-corrected chi connectivity index (χ3v) is 3.48. The van der Waals surface area contributed by atoms with Crippen molar-refractivity contribution in [2.75, 3.05) is 6.54 Å². The Morgan fingerprint density at radius 1 is 1.50 bits per heavy atom. The quantitative estimate of drug-likeness (QED) is 0.808. The second kappa shape index (κ2) is 6.73. The highest BCUT2D eigenvalue weighted by molar-refractivity contribution is 9.10. The van der Waals surface area contributed by atoms with Crippen LogP contribution in [0, 0.1) is 19.3 Å². The van der Waals surface area contributed by atoms with Gasteiger partial charge in [0.05, 0.1) is 0 Å². The zero-order valence-electron chi connectivity index (χ0n) is 9.89. The van der Waals surface area contributed by atoms with Crippen LogP contribution < -0.4 is 5.32 Å². The maximum absolute atomic E-state index is 5.32. The molecule has 2 heteroatoms. The normalized spacial score (nSPS) is 12.1. The van der Waals surface area contributed by atoms with Crippen molar-refractivity contribution >= 4 is 15.9 Å². The molecule has 0 spiro atoms. The summed E-state index contributed by atoms with van der Waals surface area (Å²) in [6.07, 6.45) is 7.11. The lowest BCUT2D eigenvalue weighted by molar-refractivity contribution is 0.522. The van der Waals surface area contributed by atoms with Crippen LogP contribution in [0.15, 0.2) is 22.7 Å². The number of aryl methyl sites for hydroxylation is 1. The molecule has 0 saturated carbocycles. The molecule has 1 rings (SSSR count). The number of nitrogens with one attached hydrogen (secondary N) is 1. The fraction of sp³-hybridized carbons (Fsp3) is 0.429. The molecule has 86 valence electrons. The summed E-state index contributed by atoms with van der Waals surface area (Å²) in [5, 5.41) is 3.46. The molecule has 1 atom stereocenters. The highest BCUT2D eigenvalue weighted by atomic mass is 79.9. The molecule has 0 amide bonds. The predicted molar refractivity (Wildman–Crippen MR) is 73.4 cm³/mol. The zero-order valence-corrected chi connectivity index (χ0v) is 11.5. The topological polar surface area (TPSA) is 12.0 Å². The van der Waals surface area contributed by atoms with Gasteiger partial charge in [0.15, 0.2) is 0 Å². The van der Waals surface area contributed by atoms with E-state index in [1.807, 2.05) is 0 Å². The average molecular weight is 280 g/mol. The monoisotopic (exact) mass is 279 g/mol. The van der Waals surface area contributed by atoms with Gasteiger partial charge in [0.1, 0.15) is 0 Å². The summed E-state index contributed by atoms with van der Waals surface area (Å²) in [5.74, 6) is 2.70. The molecule has 1 aromatic carbocycles. The van der Waals surface area contributed by atoms with E-state index in [9.17, 15) is 0 Å². The average Bonchev–Trinajstić information content (AvgIpc) is 2.28. The van der Waals surface area contributed by atoms with Crippen LogP contribution in [0.1, 0.15) is 36.9 Å². The highest BCUT2D eigenvalue weighted by Crippen LogP contribution is 2.24. The number of hydrogen-bond acceptors (Lipinski definition) is 1. The Hall–Kier alpha value is -0.780. The van der Waals surface area contributed by atoms with Gasteiger partial charge in [0.25, 0.3) is 0 Å². The fourth-order valence-electron chi connectivity index (χ4n) is 1.69. The van der Waals surface area contributed by atoms with Gasteiger partial charge in [-0.25, -0.2) is 0 Å². The molecular formula is C14H18BrN. The van der Waals surface area contributed by atoms with E-state index in [-0.39, 0.29) is 0 Å². The van der Waals surface area contributed by atoms with Crippen LogP contribution in [0.3, 0.4) is 0 Å². The number of benzene rings is 1. The molecule has 0 saturated heterocycles. The first kappa shape index (κ1) is 13.3. The molecule has 0 aliphatic rings. The minimum Gasteiger partial charge on any atom is -0.310 e. The lowest BCUT2D eigenvalue weighted by atomic mass is 10.0. The number of halogens is 1. The predicted octanol–water partition coefficient (Wildman–Crippen LogP) is 3.82. The van der Waals surface area contributed by atoms with Gasteiger partial charge < -0.3 is 5.32 Å². The summed E-state index contributed by atoms with van der Waals surface area (Å²) in [6.45, 7) is 5.17. The van der Waals surface area contributed by atoms with E-state index in [0.29, 0.717) is 6.04 Å². The minimum atomic E-state index is 0.359. The summed E-state index contributed by atoms with van der Waals surface area (Å²) >= 11 is 3.57. The van der Waals surface area contributed by atoms with Crippen molar-refractivity contribution in [2.45, 2.75) is 32.7 Å². The summed E-state index contributed by atoms with van der Waals surface area (Å²) in [6, 6.07) is 6.85. The standard InChI is InChI=1S/C14H18BrN/c1-4-6-7-14(16-5-2)12-9-8-11(3)13(15)10-12/h1,8-10,14,16H,5-7H2,2-3H3. The lowest BCUT2D eigenvalue weighted by Gasteiger charge is -2.18. The Bertz CT molecular complexity index is 379. The van der Waals surface area contributed by atoms with Crippen LogP contribution in [0.4, 0.5) is 0 Å². The molecule has 0 heterocycles. The molecule has 1 aromatic rings. The lowest BCUT2D eigenvalue weighted by Crippen LogP contribution is -2.20. The van der Waals surface area contributed by atoms with Gasteiger partial charge in [-0.05, 0) is 37.1 Å². The summed E-state index contributed by atoms with van der Waals surface area (Å²) in [7, 11) is 0. The fourth-order valence-corrected chi connectivity index (χ4v) is 2.08. The minimum absolute atomic E-state index is 0.359. The Morgan fingerprint density at radius 2 is 2.25 bits per heavy atom. The van der Waals surface area contributed by atoms with Crippen LogP contribution in [0.2, 0.25) is 0 Å². The second-order valence-corrected chi connectivity index (χ2v) is 4.72. The highest BCUT2D eigenvalue weighted by Gasteiger charge is 2.10. The third-order valence-electron chi connectivity index (χ3n) is 2.63. The summed E-state index contributed by atoms with van der Waals surface area (Å²) in [4.78, 5) is 0. The molecule has 1 unspecified atom stereocenters. The van der Waals surface area contributed by atoms with Crippen molar-refractivity contribution in [3.63, 3.8) is 0 Å². The van der Waals surface area contributed by atoms with Crippen LogP contribution in [-0.4, -0.2) is 6.54 Å². The van der Waals surface area contributed by atoms with E-state index in [2.05, 4.69) is 59.2 Å². The number of terminal acetylenes is 1. The molecule has 1 N–H and O–H groups in total. The van der Waals surface area contributed by atoms with E-state index in [1.165, 1.54) is 11.1 Å². The van der Waals surface area contributed by atoms with E-state index in [1.54, 1.807) is 0 Å². The van der Waals surface area contributed by atoms with Gasteiger partial charge in [0.2, 0.25) is 0 Å². The Labute approximate surface area is 107 Å². The van der Waals surface area contributed by atoms with Gasteiger partial charge >= 0.3 is 0 Å². The second-order valence-electron chi connectivity index (χ2n) is 3.86. The van der Waals surface area contributed by atoms with E-state index < -0.39 is 0 Å². The molecule has 0 aliphatic heterocycles. The molecule has 0 fully saturated rings. The molecule has 1 nitrogen and oxygen atoms in total. The molecular weight excluding hydrogens is 262 g/mol. The van der Waals surface area contributed by atoms with Crippen molar-refractivity contribution in [3.05, 3.63) is 33.8 Å². The van der Waals surface area contributed by atoms with Crippen LogP contribution in [-0.2, 0) is 0 Å². The summed E-state index contributed by atoms with van der Waals surface area (Å²) in [5.41, 5.74) is 2.56. The maximum Gasteiger partial charge on any atom is 0.0329 e. The third kappa shape index (κ3) is 3.66. The Morgan fingerprint density at radius 3 is 2.81 bits per heavy atom. The van der Waals surface area contributed by atoms with Gasteiger partial charge in [0, 0.05) is 16.9 Å². The van der Waals surface area contributed by atoms with Gasteiger partial charge in [-0.3, -0.25) is 0 Å². The van der Waals surface area contributed by atoms with Crippen LogP contribution in [0.25, 0.3) is 0 Å². The maximum atomic E-state index is 5.32. The Kier molecular flexibility index (Phi) is 5.59. The van der Waals surface area contributed by atoms with E-state index >= 15 is 0 Å². The molecule has 0 aliphatic carbocycles. The Balaban J connectivity index is 2.83. The smallest absolute Gasteiger partial charge is 0.0329 e. The molecule has 0 aromatic heterocycles. The summed E-state index contributed by atoms with van der Waals surface area (Å²) < 4.78 is 1.16. The first-order valence-electron chi connectivity index (χ1n) is 5.62. The van der Waals surface area contributed by atoms with Crippen molar-refractivity contribution < 1.29 is 0 Å². The van der Waals surface area contributed by atoms with Crippen molar-refractivity contribution in [1.29, 1.82) is 0 Å². The number of rotatable bonds is 5. The van der Waals surface area contributed by atoms with Gasteiger partial charge in [-0.1, -0.05) is 35.0 Å². The van der Waals surface area contributed by atoms with E-state index in [4.69, 9.17) is 6.42 Å². The van der Waals surface area contributed by atoms with Gasteiger partial charge in [-0.2, -0.15) is 0 Å². The van der Waals surface area contributed by atoms with Crippen LogP contribution in [0.5, 0.6) is 0 Å². The van der Waals surface area contributed by atoms with Crippen molar-refractivity contribution in [1.82, 2.24) is 5.32 Å². The number of hydrogen-bond donors (Lipinski definition) is 1. The molecule has 16 heavy (non-hydrogen) atoms. The largest absolute Gasteiger partial charge is 0.310 e. The SMILES string of the molecule is C#CCCC(NCC)c1ccc(C)c(Br)c1. The molecule has 0 radical (unpaired) electrons. The van der Waals surface area contributed by atoms with Crippen molar-refractivity contribution in [3.8, 4) is 12.3 Å². The molecule has 0 bridgehead atoms. The first-order chi connectivity index (χ1) is 7.69. The van der Waals surface area contributed by atoms with E-state index in [0.717, 1.165) is 23.9 Å².